The van der Waals surface area contributed by atoms with Crippen molar-refractivity contribution in [1.82, 2.24) is 4.90 Å². The molecule has 0 aromatic heterocycles. The van der Waals surface area contributed by atoms with Crippen LogP contribution in [0.5, 0.6) is 0 Å². The van der Waals surface area contributed by atoms with Crippen LogP contribution in [0.25, 0.3) is 0 Å². The van der Waals surface area contributed by atoms with Gasteiger partial charge in [0.1, 0.15) is 0 Å². The van der Waals surface area contributed by atoms with E-state index in [1.165, 1.54) is 17.0 Å². The quantitative estimate of drug-likeness (QED) is 0.873. The molecule has 1 aromatic carbocycles. The molecule has 2 rings (SSSR count). The van der Waals surface area contributed by atoms with E-state index in [4.69, 9.17) is 5.11 Å². The molecule has 0 spiro atoms. The van der Waals surface area contributed by atoms with Gasteiger partial charge in [0.15, 0.2) is 0 Å². The lowest BCUT2D eigenvalue weighted by molar-refractivity contribution is -0.141. The summed E-state index contributed by atoms with van der Waals surface area (Å²) in [5.74, 6) is -0.264. The van der Waals surface area contributed by atoms with Crippen LogP contribution in [0.15, 0.2) is 24.3 Å². The molecule has 1 saturated heterocycles. The number of hydrogen-bond acceptors (Lipinski definition) is 2. The van der Waals surface area contributed by atoms with E-state index in [2.05, 4.69) is 0 Å². The number of alkyl halides is 3. The molecule has 18 heavy (non-hydrogen) atoms. The third-order valence-corrected chi connectivity index (χ3v) is 2.82. The lowest BCUT2D eigenvalue weighted by atomic mass is 10.1. The molecule has 0 saturated carbocycles. The summed E-state index contributed by atoms with van der Waals surface area (Å²) in [5.41, 5.74) is -0.423. The predicted molar refractivity (Wildman–Crippen MR) is 57.7 cm³/mol. The molecule has 3 nitrogen and oxygen atoms in total. The zero-order valence-electron chi connectivity index (χ0n) is 9.44. The fourth-order valence-electron chi connectivity index (χ4n) is 1.80. The number of carbonyl (C=O) groups excluding carboxylic acids is 1. The summed E-state index contributed by atoms with van der Waals surface area (Å²) in [5, 5.41) is 9.04. The highest BCUT2D eigenvalue weighted by Gasteiger charge is 2.31. The van der Waals surface area contributed by atoms with Gasteiger partial charge in [-0.25, -0.2) is 0 Å². The van der Waals surface area contributed by atoms with Crippen LogP contribution in [0.1, 0.15) is 11.1 Å². The number of hydrogen-bond donors (Lipinski definition) is 1. The van der Waals surface area contributed by atoms with Gasteiger partial charge in [0.05, 0.1) is 18.1 Å². The Morgan fingerprint density at radius 3 is 2.61 bits per heavy atom. The van der Waals surface area contributed by atoms with E-state index >= 15 is 0 Å². The topological polar surface area (TPSA) is 40.5 Å². The number of carbonyl (C=O) groups is 1. The Balaban J connectivity index is 2.03. The minimum Gasteiger partial charge on any atom is -0.389 e. The van der Waals surface area contributed by atoms with E-state index in [0.717, 1.165) is 12.1 Å². The van der Waals surface area contributed by atoms with Gasteiger partial charge in [-0.15, -0.1) is 0 Å². The molecule has 0 aliphatic carbocycles. The summed E-state index contributed by atoms with van der Waals surface area (Å²) in [6.07, 6.45) is -4.97. The van der Waals surface area contributed by atoms with E-state index in [-0.39, 0.29) is 25.4 Å². The van der Waals surface area contributed by atoms with Crippen molar-refractivity contribution in [3.05, 3.63) is 35.4 Å². The first-order valence-electron chi connectivity index (χ1n) is 5.48. The van der Waals surface area contributed by atoms with Crippen LogP contribution in [0.2, 0.25) is 0 Å². The summed E-state index contributed by atoms with van der Waals surface area (Å²) < 4.78 is 37.4. The van der Waals surface area contributed by atoms with Crippen LogP contribution >= 0.6 is 0 Å². The molecule has 0 bridgehead atoms. The Hall–Kier alpha value is -1.56. The molecule has 1 aromatic rings. The van der Waals surface area contributed by atoms with Gasteiger partial charge >= 0.3 is 6.18 Å². The van der Waals surface area contributed by atoms with Crippen LogP contribution in [0, 0.1) is 0 Å². The van der Waals surface area contributed by atoms with Crippen LogP contribution in [0.3, 0.4) is 0 Å². The number of nitrogens with zero attached hydrogens (tertiary/aromatic N) is 1. The summed E-state index contributed by atoms with van der Waals surface area (Å²) >= 11 is 0. The van der Waals surface area contributed by atoms with Crippen LogP contribution in [-0.2, 0) is 17.4 Å². The van der Waals surface area contributed by atoms with Gasteiger partial charge < -0.3 is 10.0 Å². The maximum absolute atomic E-state index is 12.5. The minimum atomic E-state index is -4.40. The average Bonchev–Trinajstić information content (AvgIpc) is 2.24. The summed E-state index contributed by atoms with van der Waals surface area (Å²) in [6, 6.07) is 4.73. The monoisotopic (exact) mass is 259 g/mol. The van der Waals surface area contributed by atoms with Crippen LogP contribution in [-0.4, -0.2) is 35.1 Å². The van der Waals surface area contributed by atoms with Gasteiger partial charge in [-0.1, -0.05) is 18.2 Å². The predicted octanol–water partition coefficient (Wildman–Crippen LogP) is 1.45. The molecule has 6 heteroatoms. The molecule has 0 radical (unpaired) electrons. The standard InChI is InChI=1S/C12H12F3NO2/c13-12(14,15)9-3-1-2-8(4-9)5-11(18)16-6-10(17)7-16/h1-4,10,17H,5-7H2. The maximum Gasteiger partial charge on any atom is 0.416 e. The number of aliphatic hydroxyl groups is 1. The minimum absolute atomic E-state index is 0.0728. The van der Waals surface area contributed by atoms with Gasteiger partial charge in [-0.05, 0) is 11.6 Å². The molecule has 1 aliphatic heterocycles. The number of β-amino-alcohol motifs (C(OH)–C–C–N with tert-alkyl or cyclic N) is 1. The number of aliphatic hydroxyl groups excluding tert-OH is 1. The third kappa shape index (κ3) is 2.81. The Bertz CT molecular complexity index is 453. The largest absolute Gasteiger partial charge is 0.416 e. The lowest BCUT2D eigenvalue weighted by Crippen LogP contribution is -2.53. The third-order valence-electron chi connectivity index (χ3n) is 2.82. The number of rotatable bonds is 2. The van der Waals surface area contributed by atoms with Crippen molar-refractivity contribution in [1.29, 1.82) is 0 Å². The summed E-state index contributed by atoms with van der Waals surface area (Å²) in [6.45, 7) is 0.523. The fraction of sp³-hybridized carbons (Fsp3) is 0.417. The van der Waals surface area contributed by atoms with Crippen molar-refractivity contribution < 1.29 is 23.1 Å². The Morgan fingerprint density at radius 1 is 1.39 bits per heavy atom. The maximum atomic E-state index is 12.5. The van der Waals surface area contributed by atoms with Crippen molar-refractivity contribution >= 4 is 5.91 Å². The number of benzene rings is 1. The first kappa shape index (κ1) is 12.9. The van der Waals surface area contributed by atoms with Crippen LogP contribution < -0.4 is 0 Å². The van der Waals surface area contributed by atoms with E-state index in [1.54, 1.807) is 0 Å². The van der Waals surface area contributed by atoms with Crippen molar-refractivity contribution in [2.75, 3.05) is 13.1 Å². The highest BCUT2D eigenvalue weighted by molar-refractivity contribution is 5.79. The molecular formula is C12H12F3NO2. The molecule has 1 amide bonds. The zero-order valence-corrected chi connectivity index (χ0v) is 9.44. The molecule has 1 fully saturated rings. The first-order valence-corrected chi connectivity index (χ1v) is 5.48. The molecule has 98 valence electrons. The van der Waals surface area contributed by atoms with Gasteiger partial charge in [0.2, 0.25) is 5.91 Å². The summed E-state index contributed by atoms with van der Waals surface area (Å²) in [4.78, 5) is 13.1. The summed E-state index contributed by atoms with van der Waals surface area (Å²) in [7, 11) is 0. The van der Waals surface area contributed by atoms with E-state index in [0.29, 0.717) is 5.56 Å². The fourth-order valence-corrected chi connectivity index (χ4v) is 1.80. The Morgan fingerprint density at radius 2 is 2.06 bits per heavy atom. The van der Waals surface area contributed by atoms with Gasteiger partial charge in [0.25, 0.3) is 0 Å². The molecule has 0 unspecified atom stereocenters. The average molecular weight is 259 g/mol. The molecular weight excluding hydrogens is 247 g/mol. The van der Waals surface area contributed by atoms with Crippen molar-refractivity contribution in [2.24, 2.45) is 0 Å². The van der Waals surface area contributed by atoms with Crippen molar-refractivity contribution in [3.63, 3.8) is 0 Å². The SMILES string of the molecule is O=C(Cc1cccc(C(F)(F)F)c1)N1CC(O)C1. The van der Waals surface area contributed by atoms with Gasteiger partial charge in [-0.3, -0.25) is 4.79 Å². The lowest BCUT2D eigenvalue weighted by Gasteiger charge is -2.36. The molecule has 1 heterocycles. The second-order valence-corrected chi connectivity index (χ2v) is 4.33. The van der Waals surface area contributed by atoms with Gasteiger partial charge in [-0.2, -0.15) is 13.2 Å². The van der Waals surface area contributed by atoms with E-state index < -0.39 is 17.8 Å². The zero-order chi connectivity index (χ0) is 13.3. The number of amides is 1. The van der Waals surface area contributed by atoms with E-state index in [9.17, 15) is 18.0 Å². The normalized spacial score (nSPS) is 16.6. The Labute approximate surface area is 102 Å². The second kappa shape index (κ2) is 4.61. The first-order chi connectivity index (χ1) is 8.36. The van der Waals surface area contributed by atoms with Crippen LogP contribution in [0.4, 0.5) is 13.2 Å². The van der Waals surface area contributed by atoms with Gasteiger partial charge in [0, 0.05) is 13.1 Å². The van der Waals surface area contributed by atoms with E-state index in [1.807, 2.05) is 0 Å². The molecule has 0 atom stereocenters. The molecule has 1 N–H and O–H groups in total. The Kier molecular flexibility index (Phi) is 3.30. The van der Waals surface area contributed by atoms with Crippen molar-refractivity contribution in [2.45, 2.75) is 18.7 Å². The number of likely N-dealkylation sites (tertiary alicyclic amines) is 1. The second-order valence-electron chi connectivity index (χ2n) is 4.33. The smallest absolute Gasteiger partial charge is 0.389 e. The number of halogens is 3. The highest BCUT2D eigenvalue weighted by atomic mass is 19.4. The molecule has 1 aliphatic rings. The highest BCUT2D eigenvalue weighted by Crippen LogP contribution is 2.29. The van der Waals surface area contributed by atoms with Crippen molar-refractivity contribution in [3.8, 4) is 0 Å².